The van der Waals surface area contributed by atoms with Gasteiger partial charge < -0.3 is 9.16 Å². The highest BCUT2D eigenvalue weighted by atomic mass is 28.4. The molecule has 0 radical (unpaired) electrons. The van der Waals surface area contributed by atoms with Gasteiger partial charge in [-0.2, -0.15) is 0 Å². The van der Waals surface area contributed by atoms with E-state index in [-0.39, 0.29) is 0 Å². The molecule has 1 aliphatic rings. The molecule has 1 aliphatic carbocycles. The van der Waals surface area contributed by atoms with Gasteiger partial charge in [0.05, 0.1) is 6.10 Å². The van der Waals surface area contributed by atoms with Crippen LogP contribution in [-0.2, 0) is 9.16 Å². The molecule has 2 nitrogen and oxygen atoms in total. The Morgan fingerprint density at radius 1 is 1.08 bits per heavy atom. The first-order chi connectivity index (χ1) is 6.11. The topological polar surface area (TPSA) is 18.5 Å². The van der Waals surface area contributed by atoms with Crippen molar-refractivity contribution in [2.24, 2.45) is 0 Å². The number of hydrogen-bond donors (Lipinski definition) is 0. The second-order valence-corrected chi connectivity index (χ2v) is 8.83. The normalized spacial score (nSPS) is 30.5. The molecule has 78 valence electrons. The molecule has 1 fully saturated rings. The molecule has 1 rings (SSSR count). The molecular weight excluding hydrogens is 180 g/mol. The SMILES string of the molecule is COC1CCCCC1[Si](C)(C)OC. The first kappa shape index (κ1) is 11.2. The number of methoxy groups -OCH3 is 1. The van der Waals surface area contributed by atoms with Crippen LogP contribution in [0.1, 0.15) is 25.7 Å². The van der Waals surface area contributed by atoms with E-state index in [1.807, 2.05) is 14.2 Å². The Balaban J connectivity index is 2.63. The lowest BCUT2D eigenvalue weighted by atomic mass is 9.97. The number of hydrogen-bond acceptors (Lipinski definition) is 2. The molecule has 3 heteroatoms. The Morgan fingerprint density at radius 2 is 1.69 bits per heavy atom. The maximum atomic E-state index is 5.67. The van der Waals surface area contributed by atoms with Crippen LogP contribution < -0.4 is 0 Å². The molecule has 0 aliphatic heterocycles. The van der Waals surface area contributed by atoms with Crippen LogP contribution in [0.15, 0.2) is 0 Å². The summed E-state index contributed by atoms with van der Waals surface area (Å²) in [5, 5.41) is 0. The van der Waals surface area contributed by atoms with Crippen molar-refractivity contribution in [2.75, 3.05) is 14.2 Å². The van der Waals surface area contributed by atoms with Gasteiger partial charge in [-0.05, 0) is 25.9 Å². The summed E-state index contributed by atoms with van der Waals surface area (Å²) in [5.74, 6) is 0. The molecule has 0 bridgehead atoms. The zero-order chi connectivity index (χ0) is 9.90. The summed E-state index contributed by atoms with van der Waals surface area (Å²) in [4.78, 5) is 0. The monoisotopic (exact) mass is 202 g/mol. The molecule has 13 heavy (non-hydrogen) atoms. The van der Waals surface area contributed by atoms with Crippen LogP contribution in [0.5, 0.6) is 0 Å². The average Bonchev–Trinajstić information content (AvgIpc) is 2.18. The molecule has 0 aromatic carbocycles. The Morgan fingerprint density at radius 3 is 2.23 bits per heavy atom. The first-order valence-electron chi connectivity index (χ1n) is 5.19. The quantitative estimate of drug-likeness (QED) is 0.655. The van der Waals surface area contributed by atoms with E-state index in [9.17, 15) is 0 Å². The van der Waals surface area contributed by atoms with Gasteiger partial charge in [-0.15, -0.1) is 0 Å². The van der Waals surface area contributed by atoms with E-state index in [0.717, 1.165) is 0 Å². The van der Waals surface area contributed by atoms with Gasteiger partial charge in [0, 0.05) is 19.8 Å². The zero-order valence-electron chi connectivity index (χ0n) is 9.30. The van der Waals surface area contributed by atoms with Crippen LogP contribution in [-0.4, -0.2) is 28.6 Å². The molecule has 0 aromatic rings. The summed E-state index contributed by atoms with van der Waals surface area (Å²) >= 11 is 0. The predicted octanol–water partition coefficient (Wildman–Crippen LogP) is 2.80. The highest BCUT2D eigenvalue weighted by Gasteiger charge is 2.39. The van der Waals surface area contributed by atoms with E-state index in [1.54, 1.807) is 0 Å². The molecule has 2 unspecified atom stereocenters. The lowest BCUT2D eigenvalue weighted by molar-refractivity contribution is 0.0639. The van der Waals surface area contributed by atoms with Crippen LogP contribution in [0, 0.1) is 0 Å². The second-order valence-electron chi connectivity index (χ2n) is 4.47. The third kappa shape index (κ3) is 2.54. The van der Waals surface area contributed by atoms with Crippen molar-refractivity contribution in [3.8, 4) is 0 Å². The fourth-order valence-corrected chi connectivity index (χ4v) is 4.73. The lowest BCUT2D eigenvalue weighted by Crippen LogP contribution is -2.43. The Labute approximate surface area is 82.7 Å². The largest absolute Gasteiger partial charge is 0.420 e. The van der Waals surface area contributed by atoms with Gasteiger partial charge in [0.25, 0.3) is 0 Å². The predicted molar refractivity (Wildman–Crippen MR) is 57.5 cm³/mol. The fourth-order valence-electron chi connectivity index (χ4n) is 2.33. The van der Waals surface area contributed by atoms with Crippen molar-refractivity contribution in [1.29, 1.82) is 0 Å². The first-order valence-corrected chi connectivity index (χ1v) is 8.18. The summed E-state index contributed by atoms with van der Waals surface area (Å²) < 4.78 is 11.2. The molecule has 0 amide bonds. The summed E-state index contributed by atoms with van der Waals surface area (Å²) in [6, 6.07) is 0. The minimum absolute atomic E-state index is 0.454. The smallest absolute Gasteiger partial charge is 0.191 e. The van der Waals surface area contributed by atoms with E-state index < -0.39 is 8.32 Å². The summed E-state index contributed by atoms with van der Waals surface area (Å²) in [6.07, 6.45) is 5.65. The molecule has 2 atom stereocenters. The van der Waals surface area contributed by atoms with Crippen LogP contribution in [0.4, 0.5) is 0 Å². The van der Waals surface area contributed by atoms with Gasteiger partial charge in [0.1, 0.15) is 0 Å². The molecular formula is C10H22O2Si. The van der Waals surface area contributed by atoms with Crippen LogP contribution >= 0.6 is 0 Å². The minimum atomic E-state index is -1.49. The lowest BCUT2D eigenvalue weighted by Gasteiger charge is -2.38. The summed E-state index contributed by atoms with van der Waals surface area (Å²) in [7, 11) is 2.21. The molecule has 0 spiro atoms. The average molecular weight is 202 g/mol. The van der Waals surface area contributed by atoms with Crippen molar-refractivity contribution < 1.29 is 9.16 Å². The van der Waals surface area contributed by atoms with Crippen molar-refractivity contribution in [2.45, 2.75) is 50.4 Å². The maximum absolute atomic E-state index is 5.67. The van der Waals surface area contributed by atoms with Crippen molar-refractivity contribution in [1.82, 2.24) is 0 Å². The summed E-state index contributed by atoms with van der Waals surface area (Å²) in [5.41, 5.74) is 0.691. The third-order valence-electron chi connectivity index (χ3n) is 3.42. The van der Waals surface area contributed by atoms with Crippen molar-refractivity contribution in [3.05, 3.63) is 0 Å². The van der Waals surface area contributed by atoms with Gasteiger partial charge in [-0.25, -0.2) is 0 Å². The van der Waals surface area contributed by atoms with Crippen LogP contribution in [0.3, 0.4) is 0 Å². The van der Waals surface area contributed by atoms with E-state index >= 15 is 0 Å². The Hall–Kier alpha value is 0.137. The van der Waals surface area contributed by atoms with Gasteiger partial charge in [0.15, 0.2) is 8.32 Å². The summed E-state index contributed by atoms with van der Waals surface area (Å²) in [6.45, 7) is 4.60. The van der Waals surface area contributed by atoms with E-state index in [2.05, 4.69) is 13.1 Å². The number of ether oxygens (including phenoxy) is 1. The van der Waals surface area contributed by atoms with Gasteiger partial charge >= 0.3 is 0 Å². The van der Waals surface area contributed by atoms with Crippen molar-refractivity contribution in [3.63, 3.8) is 0 Å². The Kier molecular flexibility index (Phi) is 3.95. The molecule has 1 saturated carbocycles. The molecule has 0 N–H and O–H groups in total. The Bertz CT molecular complexity index is 159. The van der Waals surface area contributed by atoms with Gasteiger partial charge in [-0.3, -0.25) is 0 Å². The standard InChI is InChI=1S/C10H22O2Si/c1-11-9-7-5-6-8-10(9)13(3,4)12-2/h9-10H,5-8H2,1-4H3. The van der Waals surface area contributed by atoms with E-state index in [1.165, 1.54) is 25.7 Å². The molecule has 0 heterocycles. The van der Waals surface area contributed by atoms with E-state index in [4.69, 9.17) is 9.16 Å². The van der Waals surface area contributed by atoms with Gasteiger partial charge in [0.2, 0.25) is 0 Å². The van der Waals surface area contributed by atoms with Gasteiger partial charge in [-0.1, -0.05) is 12.8 Å². The number of rotatable bonds is 3. The zero-order valence-corrected chi connectivity index (χ0v) is 10.3. The fraction of sp³-hybridized carbons (Fsp3) is 1.00. The van der Waals surface area contributed by atoms with Crippen molar-refractivity contribution >= 4 is 8.32 Å². The van der Waals surface area contributed by atoms with Crippen LogP contribution in [0.25, 0.3) is 0 Å². The second kappa shape index (κ2) is 4.58. The third-order valence-corrected chi connectivity index (χ3v) is 6.92. The molecule has 0 aromatic heterocycles. The molecule has 0 saturated heterocycles. The maximum Gasteiger partial charge on any atom is 0.191 e. The van der Waals surface area contributed by atoms with E-state index in [0.29, 0.717) is 11.6 Å². The van der Waals surface area contributed by atoms with Crippen LogP contribution in [0.2, 0.25) is 18.6 Å². The highest BCUT2D eigenvalue weighted by Crippen LogP contribution is 2.38. The minimum Gasteiger partial charge on any atom is -0.420 e. The highest BCUT2D eigenvalue weighted by molar-refractivity contribution is 6.72.